The van der Waals surface area contributed by atoms with Crippen LogP contribution in [-0.4, -0.2) is 48.7 Å². The minimum atomic E-state index is -4.33. The quantitative estimate of drug-likeness (QED) is 0.715. The van der Waals surface area contributed by atoms with E-state index < -0.39 is 34.8 Å². The van der Waals surface area contributed by atoms with Gasteiger partial charge in [-0.25, -0.2) is 26.9 Å². The molecule has 142 valence electrons. The Morgan fingerprint density at radius 1 is 1.35 bits per heavy atom. The Morgan fingerprint density at radius 2 is 2.08 bits per heavy atom. The lowest BCUT2D eigenvalue weighted by molar-refractivity contribution is 0.0775. The molecule has 0 aliphatic rings. The van der Waals surface area contributed by atoms with Gasteiger partial charge in [0.25, 0.3) is 22.4 Å². The lowest BCUT2D eigenvalue weighted by Crippen LogP contribution is -2.31. The van der Waals surface area contributed by atoms with Crippen LogP contribution >= 0.6 is 0 Å². The summed E-state index contributed by atoms with van der Waals surface area (Å²) in [6, 6.07) is 2.58. The van der Waals surface area contributed by atoms with E-state index in [9.17, 15) is 22.0 Å². The molecule has 12 heteroatoms. The molecule has 26 heavy (non-hydrogen) atoms. The molecule has 1 amide bonds. The molecule has 0 aliphatic carbocycles. The van der Waals surface area contributed by atoms with Crippen LogP contribution in [0.25, 0.3) is 0 Å². The largest absolute Gasteiger partial charge is 0.477 e. The number of alkyl halides is 2. The fraction of sp³-hybridized carbons (Fsp3) is 0.357. The van der Waals surface area contributed by atoms with Crippen molar-refractivity contribution in [1.29, 1.82) is 0 Å². The number of hydrogen-bond donors (Lipinski definition) is 1. The third kappa shape index (κ3) is 4.65. The Balaban J connectivity index is 2.27. The van der Waals surface area contributed by atoms with Crippen LogP contribution in [0.4, 0.5) is 8.78 Å². The average molecular weight is 390 g/mol. The summed E-state index contributed by atoms with van der Waals surface area (Å²) in [6.07, 6.45) is -0.289. The molecule has 0 saturated carbocycles. The van der Waals surface area contributed by atoms with E-state index in [4.69, 9.17) is 9.47 Å². The van der Waals surface area contributed by atoms with Gasteiger partial charge in [-0.15, -0.1) is 5.10 Å². The number of sulfonamides is 1. The Morgan fingerprint density at radius 3 is 2.73 bits per heavy atom. The first kappa shape index (κ1) is 19.6. The number of amides is 1. The highest BCUT2D eigenvalue weighted by Gasteiger charge is 2.27. The van der Waals surface area contributed by atoms with Gasteiger partial charge in [0.2, 0.25) is 11.8 Å². The number of rotatable bonds is 8. The number of nitrogens with one attached hydrogen (secondary N) is 1. The molecule has 0 fully saturated rings. The number of hydrogen-bond acceptors (Lipinski definition) is 7. The summed E-state index contributed by atoms with van der Waals surface area (Å²) in [5.41, 5.74) is -0.307. The van der Waals surface area contributed by atoms with Gasteiger partial charge in [0, 0.05) is 19.4 Å². The van der Waals surface area contributed by atoms with Crippen LogP contribution < -0.4 is 14.2 Å². The molecule has 9 nitrogen and oxygen atoms in total. The predicted molar refractivity (Wildman–Crippen MR) is 84.8 cm³/mol. The molecule has 0 bridgehead atoms. The Labute approximate surface area is 148 Å². The van der Waals surface area contributed by atoms with E-state index in [2.05, 4.69) is 10.1 Å². The Kier molecular flexibility index (Phi) is 6.08. The molecule has 0 aromatic carbocycles. The van der Waals surface area contributed by atoms with Crippen molar-refractivity contribution in [2.24, 2.45) is 7.05 Å². The van der Waals surface area contributed by atoms with Crippen LogP contribution in [0.2, 0.25) is 0 Å². The third-order valence-electron chi connectivity index (χ3n) is 2.92. The van der Waals surface area contributed by atoms with Crippen molar-refractivity contribution in [3.05, 3.63) is 30.1 Å². The molecule has 0 saturated heterocycles. The van der Waals surface area contributed by atoms with Crippen LogP contribution in [0.3, 0.4) is 0 Å². The lowest BCUT2D eigenvalue weighted by Gasteiger charge is -2.10. The summed E-state index contributed by atoms with van der Waals surface area (Å²) in [4.78, 5) is 15.8. The number of halogens is 2. The summed E-state index contributed by atoms with van der Waals surface area (Å²) >= 11 is 0. The normalized spacial score (nSPS) is 11.4. The molecular formula is C14H16F2N4O5S. The van der Waals surface area contributed by atoms with Crippen molar-refractivity contribution < 1.29 is 31.5 Å². The zero-order valence-electron chi connectivity index (χ0n) is 13.8. The first-order chi connectivity index (χ1) is 12.2. The molecule has 0 atom stereocenters. The maximum atomic E-state index is 12.5. The van der Waals surface area contributed by atoms with E-state index >= 15 is 0 Å². The first-order valence-corrected chi connectivity index (χ1v) is 8.82. The van der Waals surface area contributed by atoms with Crippen molar-refractivity contribution in [1.82, 2.24) is 19.5 Å². The zero-order chi connectivity index (χ0) is 19.3. The number of ether oxygens (including phenoxy) is 2. The second-order valence-electron chi connectivity index (χ2n) is 4.90. The molecule has 2 aromatic heterocycles. The van der Waals surface area contributed by atoms with Crippen molar-refractivity contribution in [3.8, 4) is 11.8 Å². The third-order valence-corrected chi connectivity index (χ3v) is 4.26. The van der Waals surface area contributed by atoms with Gasteiger partial charge in [-0.05, 0) is 19.1 Å². The summed E-state index contributed by atoms with van der Waals surface area (Å²) in [5.74, 6) is -1.67. The number of nitrogens with zero attached hydrogens (tertiary/aromatic N) is 3. The van der Waals surface area contributed by atoms with E-state index in [1.54, 1.807) is 6.92 Å². The van der Waals surface area contributed by atoms with Crippen molar-refractivity contribution in [2.75, 3.05) is 13.2 Å². The Bertz CT molecular complexity index is 885. The second kappa shape index (κ2) is 8.08. The minimum absolute atomic E-state index is 0.168. The van der Waals surface area contributed by atoms with Gasteiger partial charge in [-0.2, -0.15) is 0 Å². The van der Waals surface area contributed by atoms with Gasteiger partial charge in [0.05, 0.1) is 6.61 Å². The highest BCUT2D eigenvalue weighted by molar-refractivity contribution is 7.90. The maximum absolute atomic E-state index is 12.5. The molecule has 0 radical (unpaired) electrons. The fourth-order valence-corrected chi connectivity index (χ4v) is 2.99. The van der Waals surface area contributed by atoms with Crippen molar-refractivity contribution >= 4 is 15.9 Å². The van der Waals surface area contributed by atoms with E-state index in [1.165, 1.54) is 25.4 Å². The average Bonchev–Trinajstić information content (AvgIpc) is 2.94. The summed E-state index contributed by atoms with van der Waals surface area (Å²) in [7, 11) is -2.90. The highest BCUT2D eigenvalue weighted by atomic mass is 32.2. The molecular weight excluding hydrogens is 374 g/mol. The maximum Gasteiger partial charge on any atom is 0.272 e. The standard InChI is InChI=1S/C14H16F2N4O5S/c1-3-24-14-10(5-4-6-17-14)26(22,23)19-12(21)9-7-20(2)18-13(9)25-8-11(15)16/h4-7,11H,3,8H2,1-2H3,(H,19,21). The summed E-state index contributed by atoms with van der Waals surface area (Å²) in [5, 5.41) is 3.72. The first-order valence-electron chi connectivity index (χ1n) is 7.34. The number of aromatic nitrogens is 3. The highest BCUT2D eigenvalue weighted by Crippen LogP contribution is 2.22. The van der Waals surface area contributed by atoms with Crippen LogP contribution in [0.1, 0.15) is 17.3 Å². The second-order valence-corrected chi connectivity index (χ2v) is 6.55. The van der Waals surface area contributed by atoms with Crippen molar-refractivity contribution in [3.63, 3.8) is 0 Å². The number of carbonyl (C=O) groups is 1. The van der Waals surface area contributed by atoms with Gasteiger partial charge in [-0.3, -0.25) is 9.48 Å². The van der Waals surface area contributed by atoms with E-state index in [-0.39, 0.29) is 22.9 Å². The summed E-state index contributed by atoms with van der Waals surface area (Å²) < 4.78 is 62.3. The van der Waals surface area contributed by atoms with E-state index in [1.807, 2.05) is 4.72 Å². The van der Waals surface area contributed by atoms with Gasteiger partial charge in [0.15, 0.2) is 6.61 Å². The lowest BCUT2D eigenvalue weighted by atomic mass is 10.3. The molecule has 0 aliphatic heterocycles. The zero-order valence-corrected chi connectivity index (χ0v) is 14.7. The molecule has 0 unspecified atom stereocenters. The van der Waals surface area contributed by atoms with Crippen LogP contribution in [-0.2, 0) is 17.1 Å². The molecule has 1 N–H and O–H groups in total. The van der Waals surface area contributed by atoms with Crippen LogP contribution in [0.5, 0.6) is 11.8 Å². The topological polar surface area (TPSA) is 112 Å². The molecule has 2 rings (SSSR count). The number of carbonyl (C=O) groups excluding carboxylic acids is 1. The van der Waals surface area contributed by atoms with Crippen LogP contribution in [0, 0.1) is 0 Å². The number of pyridine rings is 1. The van der Waals surface area contributed by atoms with Crippen LogP contribution in [0.15, 0.2) is 29.4 Å². The smallest absolute Gasteiger partial charge is 0.272 e. The van der Waals surface area contributed by atoms with Gasteiger partial charge in [0.1, 0.15) is 10.5 Å². The van der Waals surface area contributed by atoms with Gasteiger partial charge in [-0.1, -0.05) is 0 Å². The Hall–Kier alpha value is -2.76. The monoisotopic (exact) mass is 390 g/mol. The summed E-state index contributed by atoms with van der Waals surface area (Å²) in [6.45, 7) is 0.828. The molecule has 2 heterocycles. The van der Waals surface area contributed by atoms with Gasteiger partial charge < -0.3 is 9.47 Å². The minimum Gasteiger partial charge on any atom is -0.477 e. The van der Waals surface area contributed by atoms with Crippen molar-refractivity contribution in [2.45, 2.75) is 18.2 Å². The SMILES string of the molecule is CCOc1ncccc1S(=O)(=O)NC(=O)c1cn(C)nc1OCC(F)F. The predicted octanol–water partition coefficient (Wildman–Crippen LogP) is 0.976. The fourth-order valence-electron chi connectivity index (χ4n) is 1.93. The molecule has 0 spiro atoms. The van der Waals surface area contributed by atoms with E-state index in [0.717, 1.165) is 10.9 Å². The molecule has 2 aromatic rings. The van der Waals surface area contributed by atoms with E-state index in [0.29, 0.717) is 0 Å². The number of aryl methyl sites for hydroxylation is 1. The van der Waals surface area contributed by atoms with Gasteiger partial charge >= 0.3 is 0 Å².